The molecule has 0 bridgehead atoms. The number of carbonyl (C=O) groups is 1. The van der Waals surface area contributed by atoms with E-state index in [1.165, 1.54) is 18.6 Å². The van der Waals surface area contributed by atoms with Gasteiger partial charge < -0.3 is 10.2 Å². The fraction of sp³-hybridized carbons (Fsp3) is 0.562. The first-order chi connectivity index (χ1) is 9.95. The third-order valence-electron chi connectivity index (χ3n) is 3.83. The highest BCUT2D eigenvalue weighted by Gasteiger charge is 2.21. The molecular formula is C16H22BrFN2O. The summed E-state index contributed by atoms with van der Waals surface area (Å²) in [7, 11) is 0. The summed E-state index contributed by atoms with van der Waals surface area (Å²) in [6.07, 6.45) is 1.27. The summed E-state index contributed by atoms with van der Waals surface area (Å²) in [4.78, 5) is 14.3. The number of carbonyl (C=O) groups excluding carboxylic acids is 1. The molecule has 0 aromatic heterocycles. The Kier molecular flexibility index (Phi) is 5.76. The summed E-state index contributed by atoms with van der Waals surface area (Å²) in [6, 6.07) is 4.48. The second kappa shape index (κ2) is 7.36. The topological polar surface area (TPSA) is 32.3 Å². The molecule has 2 atom stereocenters. The van der Waals surface area contributed by atoms with Gasteiger partial charge in [-0.3, -0.25) is 4.79 Å². The Hall–Kier alpha value is -0.940. The molecule has 0 saturated carbocycles. The first kappa shape index (κ1) is 16.4. The van der Waals surface area contributed by atoms with Gasteiger partial charge in [-0.05, 0) is 36.5 Å². The number of likely N-dealkylation sites (tertiary alicyclic amines) is 1. The van der Waals surface area contributed by atoms with Crippen molar-refractivity contribution in [2.45, 2.75) is 20.3 Å². The normalized spacial score (nSPS) is 23.0. The molecule has 1 amide bonds. The summed E-state index contributed by atoms with van der Waals surface area (Å²) < 4.78 is 14.3. The van der Waals surface area contributed by atoms with Crippen LogP contribution in [-0.2, 0) is 0 Å². The van der Waals surface area contributed by atoms with Crippen molar-refractivity contribution in [1.82, 2.24) is 10.2 Å². The van der Waals surface area contributed by atoms with Crippen molar-refractivity contribution in [3.05, 3.63) is 34.1 Å². The van der Waals surface area contributed by atoms with Crippen molar-refractivity contribution >= 4 is 21.8 Å². The molecule has 0 spiro atoms. The van der Waals surface area contributed by atoms with E-state index in [1.807, 2.05) is 0 Å². The van der Waals surface area contributed by atoms with Crippen LogP contribution in [0.3, 0.4) is 0 Å². The number of nitrogens with zero attached hydrogens (tertiary/aromatic N) is 1. The number of hydrogen-bond donors (Lipinski definition) is 1. The van der Waals surface area contributed by atoms with E-state index in [9.17, 15) is 9.18 Å². The molecule has 5 heteroatoms. The summed E-state index contributed by atoms with van der Waals surface area (Å²) in [5.41, 5.74) is 0.0959. The maximum absolute atomic E-state index is 13.7. The predicted molar refractivity (Wildman–Crippen MR) is 85.8 cm³/mol. The fourth-order valence-corrected chi connectivity index (χ4v) is 3.40. The highest BCUT2D eigenvalue weighted by atomic mass is 79.9. The van der Waals surface area contributed by atoms with E-state index >= 15 is 0 Å². The predicted octanol–water partition coefficient (Wildman–Crippen LogP) is 3.30. The monoisotopic (exact) mass is 356 g/mol. The maximum atomic E-state index is 13.7. The van der Waals surface area contributed by atoms with Crippen molar-refractivity contribution in [1.29, 1.82) is 0 Å². The molecular weight excluding hydrogens is 335 g/mol. The minimum Gasteiger partial charge on any atom is -0.351 e. The van der Waals surface area contributed by atoms with Crippen molar-refractivity contribution in [3.8, 4) is 0 Å². The largest absolute Gasteiger partial charge is 0.351 e. The lowest BCUT2D eigenvalue weighted by Crippen LogP contribution is -2.42. The zero-order valence-corrected chi connectivity index (χ0v) is 14.1. The van der Waals surface area contributed by atoms with E-state index in [4.69, 9.17) is 0 Å². The maximum Gasteiger partial charge on any atom is 0.254 e. The van der Waals surface area contributed by atoms with E-state index in [2.05, 4.69) is 40.0 Å². The summed E-state index contributed by atoms with van der Waals surface area (Å²) in [5.74, 6) is 0.557. The van der Waals surface area contributed by atoms with Crippen LogP contribution in [0.1, 0.15) is 30.6 Å². The second-order valence-electron chi connectivity index (χ2n) is 6.09. The van der Waals surface area contributed by atoms with Gasteiger partial charge in [0.15, 0.2) is 0 Å². The lowest BCUT2D eigenvalue weighted by Gasteiger charge is -2.34. The molecule has 3 nitrogen and oxygen atoms in total. The Bertz CT molecular complexity index is 499. The van der Waals surface area contributed by atoms with Gasteiger partial charge in [0.25, 0.3) is 5.91 Å². The molecule has 1 fully saturated rings. The van der Waals surface area contributed by atoms with E-state index < -0.39 is 5.82 Å². The molecule has 0 radical (unpaired) electrons. The third-order valence-corrected chi connectivity index (χ3v) is 4.33. The smallest absolute Gasteiger partial charge is 0.254 e. The van der Waals surface area contributed by atoms with Gasteiger partial charge in [0.2, 0.25) is 0 Å². The number of piperidine rings is 1. The standard InChI is InChI=1S/C16H22BrFN2O/c1-11-7-12(2)10-20(9-11)6-5-19-16(21)14-4-3-13(17)8-15(14)18/h3-4,8,11-12H,5-7,9-10H2,1-2H3,(H,19,21)/t11-,12-/m1/s1. The number of amides is 1. The van der Waals surface area contributed by atoms with Crippen LogP contribution in [0, 0.1) is 17.7 Å². The first-order valence-electron chi connectivity index (χ1n) is 7.41. The van der Waals surface area contributed by atoms with Gasteiger partial charge >= 0.3 is 0 Å². The van der Waals surface area contributed by atoms with Crippen molar-refractivity contribution < 1.29 is 9.18 Å². The van der Waals surface area contributed by atoms with Crippen molar-refractivity contribution in [3.63, 3.8) is 0 Å². The minimum absolute atomic E-state index is 0.0959. The molecule has 1 aromatic carbocycles. The van der Waals surface area contributed by atoms with E-state index in [1.54, 1.807) is 6.07 Å². The zero-order valence-electron chi connectivity index (χ0n) is 12.5. The SMILES string of the molecule is C[C@@H]1C[C@@H](C)CN(CCNC(=O)c2ccc(Br)cc2F)C1. The van der Waals surface area contributed by atoms with Crippen LogP contribution in [0.4, 0.5) is 4.39 Å². The van der Waals surface area contributed by atoms with E-state index in [-0.39, 0.29) is 11.5 Å². The number of rotatable bonds is 4. The summed E-state index contributed by atoms with van der Waals surface area (Å²) in [6.45, 7) is 8.04. The molecule has 1 N–H and O–H groups in total. The molecule has 116 valence electrons. The van der Waals surface area contributed by atoms with Crippen LogP contribution in [0.5, 0.6) is 0 Å². The lowest BCUT2D eigenvalue weighted by atomic mass is 9.92. The van der Waals surface area contributed by atoms with Gasteiger partial charge in [0.05, 0.1) is 5.56 Å². The second-order valence-corrected chi connectivity index (χ2v) is 7.00. The van der Waals surface area contributed by atoms with Gasteiger partial charge in [0, 0.05) is 30.7 Å². The Balaban J connectivity index is 1.81. The van der Waals surface area contributed by atoms with Crippen molar-refractivity contribution in [2.24, 2.45) is 11.8 Å². The molecule has 0 aliphatic carbocycles. The average molecular weight is 357 g/mol. The van der Waals surface area contributed by atoms with Crippen LogP contribution in [0.15, 0.2) is 22.7 Å². The molecule has 1 aliphatic rings. The average Bonchev–Trinajstić information content (AvgIpc) is 2.37. The number of hydrogen-bond acceptors (Lipinski definition) is 2. The first-order valence-corrected chi connectivity index (χ1v) is 8.20. The highest BCUT2D eigenvalue weighted by molar-refractivity contribution is 9.10. The van der Waals surface area contributed by atoms with E-state index in [0.717, 1.165) is 19.6 Å². The van der Waals surface area contributed by atoms with Gasteiger partial charge in [-0.2, -0.15) is 0 Å². The number of nitrogens with one attached hydrogen (secondary N) is 1. The van der Waals surface area contributed by atoms with Crippen LogP contribution in [0.2, 0.25) is 0 Å². The molecule has 0 unspecified atom stereocenters. The van der Waals surface area contributed by atoms with Gasteiger partial charge in [0.1, 0.15) is 5.82 Å². The third kappa shape index (κ3) is 4.78. The molecule has 1 saturated heterocycles. The molecule has 1 heterocycles. The highest BCUT2D eigenvalue weighted by Crippen LogP contribution is 2.20. The van der Waals surface area contributed by atoms with E-state index in [0.29, 0.717) is 22.9 Å². The molecule has 21 heavy (non-hydrogen) atoms. The number of benzene rings is 1. The fourth-order valence-electron chi connectivity index (χ4n) is 3.07. The van der Waals surface area contributed by atoms with Crippen LogP contribution in [0.25, 0.3) is 0 Å². The van der Waals surface area contributed by atoms with Crippen LogP contribution < -0.4 is 5.32 Å². The van der Waals surface area contributed by atoms with Gasteiger partial charge in [-0.15, -0.1) is 0 Å². The summed E-state index contributed by atoms with van der Waals surface area (Å²) in [5, 5.41) is 2.80. The molecule has 2 rings (SSSR count). The quantitative estimate of drug-likeness (QED) is 0.897. The van der Waals surface area contributed by atoms with Crippen LogP contribution >= 0.6 is 15.9 Å². The minimum atomic E-state index is -0.498. The summed E-state index contributed by atoms with van der Waals surface area (Å²) >= 11 is 3.18. The lowest BCUT2D eigenvalue weighted by molar-refractivity contribution is 0.0932. The Morgan fingerprint density at radius 3 is 2.67 bits per heavy atom. The number of halogens is 2. The van der Waals surface area contributed by atoms with Gasteiger partial charge in [-0.1, -0.05) is 29.8 Å². The van der Waals surface area contributed by atoms with Crippen molar-refractivity contribution in [2.75, 3.05) is 26.2 Å². The molecule has 1 aliphatic heterocycles. The Labute approximate surface area is 134 Å². The Morgan fingerprint density at radius 1 is 1.38 bits per heavy atom. The molecule has 1 aromatic rings. The van der Waals surface area contributed by atoms with Gasteiger partial charge in [-0.25, -0.2) is 4.39 Å². The van der Waals surface area contributed by atoms with Crippen LogP contribution in [-0.4, -0.2) is 37.0 Å². The zero-order chi connectivity index (χ0) is 15.4. The Morgan fingerprint density at radius 2 is 2.05 bits per heavy atom.